The van der Waals surface area contributed by atoms with Gasteiger partial charge in [0, 0.05) is 18.0 Å². The highest BCUT2D eigenvalue weighted by molar-refractivity contribution is 5.84. The lowest BCUT2D eigenvalue weighted by molar-refractivity contribution is -0.123. The molecule has 2 heterocycles. The first kappa shape index (κ1) is 20.6. The Morgan fingerprint density at radius 2 is 1.77 bits per heavy atom. The van der Waals surface area contributed by atoms with E-state index in [0.29, 0.717) is 12.4 Å². The summed E-state index contributed by atoms with van der Waals surface area (Å²) in [5.41, 5.74) is 5.90. The summed E-state index contributed by atoms with van der Waals surface area (Å²) in [6.45, 7) is 6.49. The molecule has 0 spiro atoms. The molecule has 31 heavy (non-hydrogen) atoms. The third-order valence-corrected chi connectivity index (χ3v) is 5.26. The number of carbonyl (C=O) groups excluding carboxylic acids is 1. The number of aromatic nitrogens is 3. The molecule has 0 fully saturated rings. The molecule has 1 N–H and O–H groups in total. The molecule has 4 aromatic rings. The van der Waals surface area contributed by atoms with E-state index in [9.17, 15) is 4.79 Å². The zero-order chi connectivity index (χ0) is 21.8. The second kappa shape index (κ2) is 9.00. The van der Waals surface area contributed by atoms with Crippen LogP contribution in [0.25, 0.3) is 16.7 Å². The van der Waals surface area contributed by atoms with Crippen molar-refractivity contribution in [3.63, 3.8) is 0 Å². The Morgan fingerprint density at radius 1 is 1.03 bits per heavy atom. The van der Waals surface area contributed by atoms with Crippen molar-refractivity contribution in [3.8, 4) is 11.6 Å². The van der Waals surface area contributed by atoms with Gasteiger partial charge in [-0.3, -0.25) is 4.79 Å². The summed E-state index contributed by atoms with van der Waals surface area (Å²) in [4.78, 5) is 16.9. The largest absolute Gasteiger partial charge is 0.468 e. The predicted octanol–water partition coefficient (Wildman–Crippen LogP) is 4.29. The van der Waals surface area contributed by atoms with Crippen LogP contribution in [0, 0.1) is 13.8 Å². The summed E-state index contributed by atoms with van der Waals surface area (Å²) in [6.07, 6.45) is 0.987. The Bertz CT molecular complexity index is 1200. The van der Waals surface area contributed by atoms with E-state index in [1.165, 1.54) is 5.56 Å². The van der Waals surface area contributed by atoms with Gasteiger partial charge in [0.1, 0.15) is 0 Å². The van der Waals surface area contributed by atoms with Crippen LogP contribution in [0.15, 0.2) is 60.7 Å². The lowest BCUT2D eigenvalue weighted by Crippen LogP contribution is -2.28. The fourth-order valence-electron chi connectivity index (χ4n) is 3.59. The fraction of sp³-hybridized carbons (Fsp3) is 0.240. The van der Waals surface area contributed by atoms with E-state index < -0.39 is 0 Å². The predicted molar refractivity (Wildman–Crippen MR) is 122 cm³/mol. The molecule has 4 rings (SSSR count). The highest BCUT2D eigenvalue weighted by atomic mass is 16.5. The van der Waals surface area contributed by atoms with E-state index >= 15 is 0 Å². The van der Waals surface area contributed by atoms with Gasteiger partial charge in [0.05, 0.1) is 11.4 Å². The van der Waals surface area contributed by atoms with Crippen molar-refractivity contribution in [1.29, 1.82) is 0 Å². The standard InChI is InChI=1S/C25H26N4O2/c1-4-19-10-12-21(13-11-19)29-25-24(18(3)28-29)17(2)14-23(27-25)31-16-22(30)26-15-20-8-6-5-7-9-20/h5-14H,4,15-16H2,1-3H3,(H,26,30). The number of aryl methyl sites for hydroxylation is 3. The maximum atomic E-state index is 12.2. The van der Waals surface area contributed by atoms with Crippen LogP contribution in [0.3, 0.4) is 0 Å². The van der Waals surface area contributed by atoms with Gasteiger partial charge < -0.3 is 10.1 Å². The number of rotatable bonds is 7. The van der Waals surface area contributed by atoms with Gasteiger partial charge in [-0.15, -0.1) is 0 Å². The Kier molecular flexibility index (Phi) is 5.98. The van der Waals surface area contributed by atoms with Crippen LogP contribution in [-0.2, 0) is 17.8 Å². The molecule has 0 unspecified atom stereocenters. The lowest BCUT2D eigenvalue weighted by atomic mass is 10.1. The summed E-state index contributed by atoms with van der Waals surface area (Å²) in [5.74, 6) is 0.217. The molecule has 0 aliphatic carbocycles. The summed E-state index contributed by atoms with van der Waals surface area (Å²) < 4.78 is 7.55. The zero-order valence-corrected chi connectivity index (χ0v) is 18.1. The number of pyridine rings is 1. The summed E-state index contributed by atoms with van der Waals surface area (Å²) >= 11 is 0. The topological polar surface area (TPSA) is 69.0 Å². The minimum absolute atomic E-state index is 0.0942. The van der Waals surface area contributed by atoms with E-state index in [0.717, 1.165) is 40.0 Å². The molecule has 2 aromatic carbocycles. The normalized spacial score (nSPS) is 10.9. The van der Waals surface area contributed by atoms with Crippen molar-refractivity contribution in [2.24, 2.45) is 0 Å². The minimum Gasteiger partial charge on any atom is -0.468 e. The molecule has 0 saturated carbocycles. The average molecular weight is 415 g/mol. The SMILES string of the molecule is CCc1ccc(-n2nc(C)c3c(C)cc(OCC(=O)NCc4ccccc4)nc32)cc1. The van der Waals surface area contributed by atoms with Gasteiger partial charge in [0.25, 0.3) is 5.91 Å². The van der Waals surface area contributed by atoms with E-state index in [1.54, 1.807) is 0 Å². The molecule has 2 aromatic heterocycles. The van der Waals surface area contributed by atoms with Crippen molar-refractivity contribution >= 4 is 16.9 Å². The van der Waals surface area contributed by atoms with Crippen molar-refractivity contribution in [1.82, 2.24) is 20.1 Å². The Hall–Kier alpha value is -3.67. The number of benzene rings is 2. The van der Waals surface area contributed by atoms with Gasteiger partial charge >= 0.3 is 0 Å². The van der Waals surface area contributed by atoms with Gasteiger partial charge in [-0.05, 0) is 49.1 Å². The number of amides is 1. The molecule has 6 heteroatoms. The van der Waals surface area contributed by atoms with Crippen LogP contribution in [-0.4, -0.2) is 27.3 Å². The number of ether oxygens (including phenoxy) is 1. The Labute approximate surface area is 181 Å². The van der Waals surface area contributed by atoms with E-state index in [4.69, 9.17) is 9.84 Å². The van der Waals surface area contributed by atoms with E-state index in [1.807, 2.05) is 67.1 Å². The first-order chi connectivity index (χ1) is 15.0. The molecule has 0 bridgehead atoms. The molecule has 0 aliphatic heterocycles. The van der Waals surface area contributed by atoms with Crippen LogP contribution in [0.4, 0.5) is 0 Å². The Balaban J connectivity index is 1.52. The van der Waals surface area contributed by atoms with Crippen molar-refractivity contribution in [3.05, 3.63) is 83.0 Å². The van der Waals surface area contributed by atoms with Gasteiger partial charge in [-0.25, -0.2) is 4.68 Å². The zero-order valence-electron chi connectivity index (χ0n) is 18.1. The van der Waals surface area contributed by atoms with Crippen LogP contribution >= 0.6 is 0 Å². The van der Waals surface area contributed by atoms with Gasteiger partial charge in [0.15, 0.2) is 12.3 Å². The monoisotopic (exact) mass is 414 g/mol. The number of nitrogens with zero attached hydrogens (tertiary/aromatic N) is 3. The summed E-state index contributed by atoms with van der Waals surface area (Å²) in [5, 5.41) is 8.56. The highest BCUT2D eigenvalue weighted by Crippen LogP contribution is 2.26. The van der Waals surface area contributed by atoms with Crippen LogP contribution in [0.2, 0.25) is 0 Å². The van der Waals surface area contributed by atoms with E-state index in [-0.39, 0.29) is 12.5 Å². The smallest absolute Gasteiger partial charge is 0.258 e. The van der Waals surface area contributed by atoms with Gasteiger partial charge in [-0.2, -0.15) is 10.1 Å². The number of hydrogen-bond donors (Lipinski definition) is 1. The summed E-state index contributed by atoms with van der Waals surface area (Å²) in [6, 6.07) is 19.9. The maximum Gasteiger partial charge on any atom is 0.258 e. The van der Waals surface area contributed by atoms with Gasteiger partial charge in [-0.1, -0.05) is 49.4 Å². The number of carbonyl (C=O) groups is 1. The average Bonchev–Trinajstić information content (AvgIpc) is 3.13. The maximum absolute atomic E-state index is 12.2. The van der Waals surface area contributed by atoms with Crippen molar-refractivity contribution < 1.29 is 9.53 Å². The number of fused-ring (bicyclic) bond motifs is 1. The second-order valence-corrected chi connectivity index (χ2v) is 7.54. The molecule has 1 amide bonds. The molecule has 158 valence electrons. The molecular weight excluding hydrogens is 388 g/mol. The quantitative estimate of drug-likeness (QED) is 0.490. The molecule has 0 saturated heterocycles. The first-order valence-electron chi connectivity index (χ1n) is 10.4. The van der Waals surface area contributed by atoms with Crippen LogP contribution < -0.4 is 10.1 Å². The highest BCUT2D eigenvalue weighted by Gasteiger charge is 2.15. The third kappa shape index (κ3) is 4.58. The lowest BCUT2D eigenvalue weighted by Gasteiger charge is -2.09. The minimum atomic E-state index is -0.191. The fourth-order valence-corrected chi connectivity index (χ4v) is 3.59. The van der Waals surface area contributed by atoms with Crippen LogP contribution in [0.5, 0.6) is 5.88 Å². The molecular formula is C25H26N4O2. The van der Waals surface area contributed by atoms with E-state index in [2.05, 4.69) is 29.4 Å². The number of nitrogens with one attached hydrogen (secondary N) is 1. The number of hydrogen-bond acceptors (Lipinski definition) is 4. The molecule has 0 radical (unpaired) electrons. The summed E-state index contributed by atoms with van der Waals surface area (Å²) in [7, 11) is 0. The third-order valence-electron chi connectivity index (χ3n) is 5.26. The van der Waals surface area contributed by atoms with Crippen molar-refractivity contribution in [2.45, 2.75) is 33.7 Å². The van der Waals surface area contributed by atoms with Crippen molar-refractivity contribution in [2.75, 3.05) is 6.61 Å². The second-order valence-electron chi connectivity index (χ2n) is 7.54. The first-order valence-corrected chi connectivity index (χ1v) is 10.4. The molecule has 0 atom stereocenters. The molecule has 0 aliphatic rings. The van der Waals surface area contributed by atoms with Gasteiger partial charge in [0.2, 0.25) is 5.88 Å². The van der Waals surface area contributed by atoms with Crippen LogP contribution in [0.1, 0.15) is 29.3 Å². The molecule has 6 nitrogen and oxygen atoms in total. The Morgan fingerprint density at radius 3 is 2.48 bits per heavy atom.